The van der Waals surface area contributed by atoms with Gasteiger partial charge < -0.3 is 25.4 Å². The Balaban J connectivity index is 0.00000450. The summed E-state index contributed by atoms with van der Waals surface area (Å²) in [6.07, 6.45) is 1.59. The van der Waals surface area contributed by atoms with Crippen LogP contribution in [0.5, 0.6) is 5.75 Å². The van der Waals surface area contributed by atoms with Gasteiger partial charge in [-0.1, -0.05) is 12.1 Å². The van der Waals surface area contributed by atoms with Gasteiger partial charge in [0.1, 0.15) is 5.75 Å². The highest BCUT2D eigenvalue weighted by Crippen LogP contribution is 2.20. The molecule has 9 heteroatoms. The fourth-order valence-corrected chi connectivity index (χ4v) is 3.47. The van der Waals surface area contributed by atoms with Crippen molar-refractivity contribution in [1.29, 1.82) is 0 Å². The van der Waals surface area contributed by atoms with Crippen LogP contribution in [-0.4, -0.2) is 61.3 Å². The summed E-state index contributed by atoms with van der Waals surface area (Å²) in [5.41, 5.74) is 0.603. The molecule has 172 valence electrons. The number of hydrogen-bond acceptors (Lipinski definition) is 4. The Hall–Kier alpha value is -1.20. The van der Waals surface area contributed by atoms with Crippen LogP contribution in [0.2, 0.25) is 0 Å². The molecule has 0 bridgehead atoms. The number of nitrogens with one attached hydrogen (secondary N) is 2. The molecule has 2 rings (SSSR count). The molecule has 0 saturated carbocycles. The van der Waals surface area contributed by atoms with Gasteiger partial charge in [0.2, 0.25) is 0 Å². The average Bonchev–Trinajstić information content (AvgIpc) is 2.70. The van der Waals surface area contributed by atoms with Crippen molar-refractivity contribution in [3.63, 3.8) is 0 Å². The number of alkyl halides is 2. The predicted octanol–water partition coefficient (Wildman–Crippen LogP) is 3.61. The fourth-order valence-electron chi connectivity index (χ4n) is 3.47. The molecule has 3 N–H and O–H groups in total. The lowest BCUT2D eigenvalue weighted by molar-refractivity contribution is -0.0498. The van der Waals surface area contributed by atoms with E-state index in [1.165, 1.54) is 25.0 Å². The molecule has 1 saturated heterocycles. The average molecular weight is 540 g/mol. The maximum atomic E-state index is 12.2. The zero-order valence-electron chi connectivity index (χ0n) is 18.0. The number of benzene rings is 1. The van der Waals surface area contributed by atoms with E-state index in [-0.39, 0.29) is 36.3 Å². The molecule has 2 unspecified atom stereocenters. The van der Waals surface area contributed by atoms with E-state index < -0.39 is 12.7 Å². The number of halogens is 3. The van der Waals surface area contributed by atoms with Crippen molar-refractivity contribution in [3.05, 3.63) is 29.8 Å². The molecular weight excluding hydrogens is 505 g/mol. The lowest BCUT2D eigenvalue weighted by atomic mass is 9.97. The summed E-state index contributed by atoms with van der Waals surface area (Å²) in [5, 5.41) is 17.0. The zero-order valence-corrected chi connectivity index (χ0v) is 20.3. The van der Waals surface area contributed by atoms with Gasteiger partial charge in [0.25, 0.3) is 0 Å². The van der Waals surface area contributed by atoms with Gasteiger partial charge in [0, 0.05) is 25.7 Å². The Morgan fingerprint density at radius 1 is 1.27 bits per heavy atom. The van der Waals surface area contributed by atoms with E-state index >= 15 is 0 Å². The number of aliphatic imine (C=N–C) groups is 1. The van der Waals surface area contributed by atoms with Crippen LogP contribution in [0.4, 0.5) is 8.78 Å². The highest BCUT2D eigenvalue weighted by molar-refractivity contribution is 14.0. The van der Waals surface area contributed by atoms with Gasteiger partial charge in [-0.3, -0.25) is 4.99 Å². The van der Waals surface area contributed by atoms with Crippen LogP contribution < -0.4 is 15.4 Å². The molecule has 2 atom stereocenters. The summed E-state index contributed by atoms with van der Waals surface area (Å²) in [4.78, 5) is 6.98. The first-order chi connectivity index (χ1) is 13.9. The standard InChI is InChI=1S/C21H34F2N4O2.HI/c1-4-24-21(25-12-16-6-5-11-27(14-16)15(2)3)26-13-19(28)17-7-9-18(10-8-17)29-20(22)23;/h7-10,15-16,19-20,28H,4-6,11-14H2,1-3H3,(H2,24,25,26);1H. The Labute approximate surface area is 195 Å². The molecule has 1 heterocycles. The number of aliphatic hydroxyl groups is 1. The number of nitrogens with zero attached hydrogens (tertiary/aromatic N) is 2. The molecule has 1 aliphatic heterocycles. The van der Waals surface area contributed by atoms with Crippen molar-refractivity contribution < 1.29 is 18.6 Å². The first-order valence-corrected chi connectivity index (χ1v) is 10.4. The van der Waals surface area contributed by atoms with Gasteiger partial charge in [-0.05, 0) is 63.8 Å². The quantitative estimate of drug-likeness (QED) is 0.254. The first-order valence-electron chi connectivity index (χ1n) is 10.4. The molecule has 1 aromatic carbocycles. The second-order valence-electron chi connectivity index (χ2n) is 7.66. The predicted molar refractivity (Wildman–Crippen MR) is 127 cm³/mol. The van der Waals surface area contributed by atoms with Crippen molar-refractivity contribution in [2.24, 2.45) is 10.9 Å². The topological polar surface area (TPSA) is 69.1 Å². The monoisotopic (exact) mass is 540 g/mol. The summed E-state index contributed by atoms with van der Waals surface area (Å²) >= 11 is 0. The van der Waals surface area contributed by atoms with Crippen molar-refractivity contribution in [2.75, 3.05) is 32.7 Å². The minimum atomic E-state index is -2.86. The van der Waals surface area contributed by atoms with Gasteiger partial charge in [-0.25, -0.2) is 0 Å². The van der Waals surface area contributed by atoms with Crippen LogP contribution in [-0.2, 0) is 0 Å². The normalized spacial score (nSPS) is 18.8. The maximum absolute atomic E-state index is 12.2. The van der Waals surface area contributed by atoms with E-state index in [1.807, 2.05) is 6.92 Å². The molecule has 0 spiro atoms. The number of hydrogen-bond donors (Lipinski definition) is 3. The summed E-state index contributed by atoms with van der Waals surface area (Å²) in [6, 6.07) is 6.54. The summed E-state index contributed by atoms with van der Waals surface area (Å²) in [5.74, 6) is 1.31. The summed E-state index contributed by atoms with van der Waals surface area (Å²) in [7, 11) is 0. The Kier molecular flexibility index (Phi) is 12.5. The van der Waals surface area contributed by atoms with E-state index in [0.29, 0.717) is 23.5 Å². The summed E-state index contributed by atoms with van der Waals surface area (Å²) in [6.45, 7) is 7.58. The van der Waals surface area contributed by atoms with Crippen LogP contribution in [0.1, 0.15) is 45.3 Å². The molecule has 0 aliphatic carbocycles. The Morgan fingerprint density at radius 2 is 1.97 bits per heavy atom. The van der Waals surface area contributed by atoms with Crippen molar-refractivity contribution in [3.8, 4) is 5.75 Å². The largest absolute Gasteiger partial charge is 0.435 e. The SMILES string of the molecule is CCNC(=NCC(O)c1ccc(OC(F)F)cc1)NCC1CCCN(C(C)C)C1.I. The molecule has 1 aliphatic rings. The number of piperidine rings is 1. The number of rotatable bonds is 9. The van der Waals surface area contributed by atoms with Crippen LogP contribution in [0.3, 0.4) is 0 Å². The van der Waals surface area contributed by atoms with Crippen molar-refractivity contribution in [2.45, 2.75) is 52.4 Å². The smallest absolute Gasteiger partial charge is 0.387 e. The fraction of sp³-hybridized carbons (Fsp3) is 0.667. The summed E-state index contributed by atoms with van der Waals surface area (Å²) < 4.78 is 28.8. The van der Waals surface area contributed by atoms with Gasteiger partial charge in [0.15, 0.2) is 5.96 Å². The number of likely N-dealkylation sites (tertiary alicyclic amines) is 1. The molecule has 0 aromatic heterocycles. The van der Waals surface area contributed by atoms with E-state index in [9.17, 15) is 13.9 Å². The Morgan fingerprint density at radius 3 is 2.57 bits per heavy atom. The van der Waals surface area contributed by atoms with Gasteiger partial charge in [-0.2, -0.15) is 8.78 Å². The lowest BCUT2D eigenvalue weighted by Gasteiger charge is -2.35. The van der Waals surface area contributed by atoms with Crippen LogP contribution in [0.15, 0.2) is 29.3 Å². The third-order valence-corrected chi connectivity index (χ3v) is 5.10. The molecular formula is C21H35F2IN4O2. The molecule has 1 aromatic rings. The van der Waals surface area contributed by atoms with Crippen LogP contribution in [0, 0.1) is 5.92 Å². The van der Waals surface area contributed by atoms with E-state index in [4.69, 9.17) is 0 Å². The van der Waals surface area contributed by atoms with Crippen molar-refractivity contribution in [1.82, 2.24) is 15.5 Å². The molecule has 1 fully saturated rings. The second kappa shape index (κ2) is 14.0. The maximum Gasteiger partial charge on any atom is 0.387 e. The third-order valence-electron chi connectivity index (χ3n) is 5.10. The van der Waals surface area contributed by atoms with E-state index in [1.54, 1.807) is 12.1 Å². The molecule has 0 radical (unpaired) electrons. The second-order valence-corrected chi connectivity index (χ2v) is 7.66. The zero-order chi connectivity index (χ0) is 21.2. The van der Waals surface area contributed by atoms with Gasteiger partial charge in [0.05, 0.1) is 12.6 Å². The minimum absolute atomic E-state index is 0. The first kappa shape index (κ1) is 26.8. The van der Waals surface area contributed by atoms with Gasteiger partial charge in [-0.15, -0.1) is 24.0 Å². The number of aliphatic hydroxyl groups excluding tert-OH is 1. The van der Waals surface area contributed by atoms with Crippen LogP contribution in [0.25, 0.3) is 0 Å². The van der Waals surface area contributed by atoms with Crippen LogP contribution >= 0.6 is 24.0 Å². The lowest BCUT2D eigenvalue weighted by Crippen LogP contribution is -2.46. The highest BCUT2D eigenvalue weighted by atomic mass is 127. The van der Waals surface area contributed by atoms with Crippen molar-refractivity contribution >= 4 is 29.9 Å². The number of ether oxygens (including phenoxy) is 1. The van der Waals surface area contributed by atoms with E-state index in [0.717, 1.165) is 26.2 Å². The minimum Gasteiger partial charge on any atom is -0.435 e. The van der Waals surface area contributed by atoms with E-state index in [2.05, 4.69) is 39.1 Å². The Bertz CT molecular complexity index is 632. The highest BCUT2D eigenvalue weighted by Gasteiger charge is 2.21. The molecule has 30 heavy (non-hydrogen) atoms. The molecule has 0 amide bonds. The molecule has 6 nitrogen and oxygen atoms in total. The van der Waals surface area contributed by atoms with Gasteiger partial charge >= 0.3 is 6.61 Å². The number of guanidine groups is 1. The third kappa shape index (κ3) is 9.30.